The molecule has 0 radical (unpaired) electrons. The second-order valence-electron chi connectivity index (χ2n) is 18.2. The van der Waals surface area contributed by atoms with Crippen LogP contribution in [0.5, 0.6) is 0 Å². The molecule has 306 valence electrons. The summed E-state index contributed by atoms with van der Waals surface area (Å²) in [5.74, 6) is -0.109. The second-order valence-corrected chi connectivity index (χ2v) is 22.9. The molecule has 1 aliphatic rings. The first-order valence-electron chi connectivity index (χ1n) is 21.6. The van der Waals surface area contributed by atoms with Crippen molar-refractivity contribution in [1.29, 1.82) is 0 Å². The van der Waals surface area contributed by atoms with Crippen LogP contribution in [0.3, 0.4) is 0 Å². The summed E-state index contributed by atoms with van der Waals surface area (Å²) >= 11 is 0. The van der Waals surface area contributed by atoms with E-state index in [1.165, 1.54) is 97.0 Å². The number of hydrogen-bond acceptors (Lipinski definition) is 6. The van der Waals surface area contributed by atoms with Gasteiger partial charge in [-0.2, -0.15) is 0 Å². The first-order chi connectivity index (χ1) is 24.5. The Morgan fingerprint density at radius 1 is 0.731 bits per heavy atom. The maximum atomic E-state index is 13.9. The van der Waals surface area contributed by atoms with E-state index in [-0.39, 0.29) is 35.3 Å². The molecule has 0 aromatic rings. The number of allylic oxidation sites excluding steroid dienone is 2. The number of rotatable bonds is 28. The van der Waals surface area contributed by atoms with Crippen molar-refractivity contribution in [3.05, 3.63) is 12.2 Å². The van der Waals surface area contributed by atoms with Crippen molar-refractivity contribution in [2.75, 3.05) is 7.11 Å². The molecule has 4 atom stereocenters. The third kappa shape index (κ3) is 20.9. The number of carbonyl (C=O) groups is 2. The van der Waals surface area contributed by atoms with Gasteiger partial charge in [-0.25, -0.2) is 4.79 Å². The van der Waals surface area contributed by atoms with Gasteiger partial charge < -0.3 is 19.0 Å². The Bertz CT molecular complexity index is 971. The topological polar surface area (TPSA) is 85.3 Å². The Balaban J connectivity index is 2.78. The van der Waals surface area contributed by atoms with E-state index in [4.69, 9.17) is 13.9 Å². The molecule has 1 heterocycles. The summed E-state index contributed by atoms with van der Waals surface area (Å²) in [6.45, 7) is 19.5. The highest BCUT2D eigenvalue weighted by Gasteiger charge is 2.48. The number of hydrogen-bond donors (Lipinski definition) is 1. The summed E-state index contributed by atoms with van der Waals surface area (Å²) in [6.07, 6.45) is 30.0. The Kier molecular flexibility index (Phi) is 24.7. The van der Waals surface area contributed by atoms with Gasteiger partial charge in [0.25, 0.3) is 0 Å². The number of esters is 1. The molecular weight excluding hydrogens is 667 g/mol. The van der Waals surface area contributed by atoms with Crippen LogP contribution in [0.15, 0.2) is 12.2 Å². The number of aliphatic hydroxyl groups excluding tert-OH is 1. The molecule has 0 bridgehead atoms. The highest BCUT2D eigenvalue weighted by Crippen LogP contribution is 2.41. The van der Waals surface area contributed by atoms with Gasteiger partial charge in [0.05, 0.1) is 31.4 Å². The van der Waals surface area contributed by atoms with Gasteiger partial charge in [0.2, 0.25) is 0 Å². The van der Waals surface area contributed by atoms with E-state index in [0.29, 0.717) is 12.8 Å². The standard InChI is InChI=1S/C44H85NO6Si/c1-11-12-13-14-15-16-21-24-27-30-33-40(51-52(9,10)44(5,6)7)38-36-35-37(45(38)42(48)50-43(2,3)4)39(46)32-29-26-23-20-18-17-19-22-25-28-31-34-41(47)49-8/h23,26,37-40,46H,11-22,24-25,27-36H2,1-10H3/b26-23+/t37-,38-,39?,40-/m0/s1. The predicted molar refractivity (Wildman–Crippen MR) is 221 cm³/mol. The van der Waals surface area contributed by atoms with E-state index in [1.807, 2.05) is 25.7 Å². The predicted octanol–water partition coefficient (Wildman–Crippen LogP) is 12.8. The van der Waals surface area contributed by atoms with Crippen LogP contribution in [0.2, 0.25) is 18.1 Å². The molecule has 1 fully saturated rings. The molecule has 7 nitrogen and oxygen atoms in total. The molecular formula is C44H85NO6Si. The molecule has 1 rings (SSSR count). The van der Waals surface area contributed by atoms with Gasteiger partial charge in [-0.1, -0.05) is 136 Å². The van der Waals surface area contributed by atoms with E-state index in [1.54, 1.807) is 0 Å². The lowest BCUT2D eigenvalue weighted by molar-refractivity contribution is -0.140. The van der Waals surface area contributed by atoms with Crippen molar-refractivity contribution in [2.45, 2.75) is 251 Å². The summed E-state index contributed by atoms with van der Waals surface area (Å²) < 4.78 is 17.9. The Morgan fingerprint density at radius 2 is 1.23 bits per heavy atom. The first kappa shape index (κ1) is 48.6. The third-order valence-electron chi connectivity index (χ3n) is 11.3. The molecule has 1 N–H and O–H groups in total. The highest BCUT2D eigenvalue weighted by molar-refractivity contribution is 6.74. The highest BCUT2D eigenvalue weighted by atomic mass is 28.4. The maximum Gasteiger partial charge on any atom is 0.410 e. The average molecular weight is 752 g/mol. The molecule has 8 heteroatoms. The minimum Gasteiger partial charge on any atom is -0.469 e. The number of aliphatic hydroxyl groups is 1. The van der Waals surface area contributed by atoms with Gasteiger partial charge in [0, 0.05) is 6.42 Å². The number of methoxy groups -OCH3 is 1. The fourth-order valence-corrected chi connectivity index (χ4v) is 8.51. The van der Waals surface area contributed by atoms with Crippen LogP contribution in [0.1, 0.15) is 203 Å². The van der Waals surface area contributed by atoms with E-state index in [0.717, 1.165) is 51.4 Å². The van der Waals surface area contributed by atoms with E-state index < -0.39 is 20.0 Å². The van der Waals surface area contributed by atoms with Crippen LogP contribution in [-0.4, -0.2) is 67.4 Å². The number of unbranched alkanes of at least 4 members (excludes halogenated alkanes) is 16. The smallest absolute Gasteiger partial charge is 0.410 e. The van der Waals surface area contributed by atoms with Gasteiger partial charge in [0.15, 0.2) is 8.32 Å². The first-order valence-corrected chi connectivity index (χ1v) is 24.5. The molecule has 0 aromatic heterocycles. The van der Waals surface area contributed by atoms with Gasteiger partial charge >= 0.3 is 12.1 Å². The van der Waals surface area contributed by atoms with Gasteiger partial charge in [-0.3, -0.25) is 9.69 Å². The number of nitrogens with zero attached hydrogens (tertiary/aromatic N) is 1. The lowest BCUT2D eigenvalue weighted by Crippen LogP contribution is -2.55. The van der Waals surface area contributed by atoms with Crippen LogP contribution in [0.25, 0.3) is 0 Å². The molecule has 0 aromatic carbocycles. The SMILES string of the molecule is CCCCCCCCCCCC[C@H](O[Si](C)(C)C(C)(C)C)[C@@H]1CC[C@@H](C(O)CC/C=C/CCCCCCCCCC(=O)OC)N1C(=O)OC(C)(C)C. The van der Waals surface area contributed by atoms with Gasteiger partial charge in [-0.05, 0) is 90.3 Å². The lowest BCUT2D eigenvalue weighted by Gasteiger charge is -2.43. The average Bonchev–Trinajstić information content (AvgIpc) is 3.51. The molecule has 1 aliphatic heterocycles. The minimum atomic E-state index is -2.11. The summed E-state index contributed by atoms with van der Waals surface area (Å²) in [5.41, 5.74) is -0.612. The maximum absolute atomic E-state index is 13.9. The summed E-state index contributed by atoms with van der Waals surface area (Å²) in [6, 6.07) is -0.357. The zero-order valence-electron chi connectivity index (χ0n) is 35.9. The van der Waals surface area contributed by atoms with Crippen LogP contribution < -0.4 is 0 Å². The van der Waals surface area contributed by atoms with Crippen molar-refractivity contribution < 1.29 is 28.6 Å². The number of likely N-dealkylation sites (tertiary alicyclic amines) is 1. The quantitative estimate of drug-likeness (QED) is 0.0371. The van der Waals surface area contributed by atoms with E-state index >= 15 is 0 Å². The summed E-state index contributed by atoms with van der Waals surface area (Å²) in [5, 5.41) is 11.6. The number of ether oxygens (including phenoxy) is 2. The van der Waals surface area contributed by atoms with Gasteiger partial charge in [-0.15, -0.1) is 0 Å². The van der Waals surface area contributed by atoms with Crippen molar-refractivity contribution in [3.8, 4) is 0 Å². The molecule has 52 heavy (non-hydrogen) atoms. The largest absolute Gasteiger partial charge is 0.469 e. The van der Waals surface area contributed by atoms with Crippen molar-refractivity contribution in [2.24, 2.45) is 0 Å². The molecule has 1 unspecified atom stereocenters. The van der Waals surface area contributed by atoms with Gasteiger partial charge in [0.1, 0.15) is 5.60 Å². The van der Waals surface area contributed by atoms with Crippen LogP contribution in [0, 0.1) is 0 Å². The monoisotopic (exact) mass is 752 g/mol. The molecule has 1 amide bonds. The fraction of sp³-hybridized carbons (Fsp3) is 0.909. The second kappa shape index (κ2) is 26.4. The normalized spacial score (nSPS) is 18.2. The summed E-state index contributed by atoms with van der Waals surface area (Å²) in [7, 11) is -0.665. The van der Waals surface area contributed by atoms with Crippen molar-refractivity contribution >= 4 is 20.4 Å². The van der Waals surface area contributed by atoms with E-state index in [2.05, 4.69) is 52.9 Å². The minimum absolute atomic E-state index is 0.0561. The van der Waals surface area contributed by atoms with Crippen LogP contribution in [-0.2, 0) is 18.7 Å². The Labute approximate surface area is 322 Å². The summed E-state index contributed by atoms with van der Waals surface area (Å²) in [4.78, 5) is 27.0. The van der Waals surface area contributed by atoms with E-state index in [9.17, 15) is 14.7 Å². The lowest BCUT2D eigenvalue weighted by atomic mass is 10.0. The van der Waals surface area contributed by atoms with Crippen molar-refractivity contribution in [1.82, 2.24) is 4.90 Å². The molecule has 0 aliphatic carbocycles. The van der Waals surface area contributed by atoms with Crippen LogP contribution in [0.4, 0.5) is 4.79 Å². The Hall–Kier alpha value is -1.38. The molecule has 0 saturated carbocycles. The number of carbonyl (C=O) groups excluding carboxylic acids is 2. The van der Waals surface area contributed by atoms with Crippen LogP contribution >= 0.6 is 0 Å². The number of amides is 1. The zero-order chi connectivity index (χ0) is 39.0. The third-order valence-corrected chi connectivity index (χ3v) is 15.8. The Morgan fingerprint density at radius 3 is 1.77 bits per heavy atom. The molecule has 0 spiro atoms. The fourth-order valence-electron chi connectivity index (χ4n) is 7.12. The zero-order valence-corrected chi connectivity index (χ0v) is 36.9. The molecule has 1 saturated heterocycles. The van der Waals surface area contributed by atoms with Crippen molar-refractivity contribution in [3.63, 3.8) is 0 Å².